The minimum Gasteiger partial charge on any atom is -0.379 e. The average molecular weight is 312 g/mol. The Morgan fingerprint density at radius 1 is 1.38 bits per heavy atom. The number of hydrogen-bond acceptors (Lipinski definition) is 3. The highest BCUT2D eigenvalue weighted by molar-refractivity contribution is 6.32. The highest BCUT2D eigenvalue weighted by atomic mass is 35.5. The van der Waals surface area contributed by atoms with Crippen LogP contribution >= 0.6 is 11.6 Å². The molecule has 1 aliphatic carbocycles. The molecule has 0 aromatic carbocycles. The maximum Gasteiger partial charge on any atom is 0.287 e. The minimum atomic E-state index is -0.193. The summed E-state index contributed by atoms with van der Waals surface area (Å²) in [5, 5.41) is 7.96. The zero-order valence-electron chi connectivity index (χ0n) is 13.1. The predicted octanol–water partition coefficient (Wildman–Crippen LogP) is 4.08. The van der Waals surface area contributed by atoms with Crippen molar-refractivity contribution in [3.8, 4) is 0 Å². The summed E-state index contributed by atoms with van der Waals surface area (Å²) in [7, 11) is 0. The summed E-state index contributed by atoms with van der Waals surface area (Å²) in [6.07, 6.45) is 10.1. The Kier molecular flexibility index (Phi) is 6.09. The van der Waals surface area contributed by atoms with Crippen LogP contribution in [0.4, 0.5) is 5.69 Å². The molecule has 1 heterocycles. The van der Waals surface area contributed by atoms with Crippen LogP contribution in [0.3, 0.4) is 0 Å². The first kappa shape index (κ1) is 16.3. The molecule has 1 fully saturated rings. The molecule has 1 atom stereocenters. The lowest BCUT2D eigenvalue weighted by atomic mass is 9.83. The van der Waals surface area contributed by atoms with Crippen LogP contribution in [0.15, 0.2) is 11.0 Å². The normalized spacial score (nSPS) is 17.7. The van der Waals surface area contributed by atoms with E-state index in [1.165, 1.54) is 36.8 Å². The number of hydrogen-bond donors (Lipinski definition) is 1. The summed E-state index contributed by atoms with van der Waals surface area (Å²) in [5.41, 5.74) is 0.494. The van der Waals surface area contributed by atoms with Crippen molar-refractivity contribution in [3.63, 3.8) is 0 Å². The van der Waals surface area contributed by atoms with Gasteiger partial charge in [-0.2, -0.15) is 5.10 Å². The molecule has 1 aromatic rings. The van der Waals surface area contributed by atoms with E-state index in [-0.39, 0.29) is 10.6 Å². The molecule has 1 unspecified atom stereocenters. The van der Waals surface area contributed by atoms with Gasteiger partial charge in [-0.05, 0) is 31.6 Å². The predicted molar refractivity (Wildman–Crippen MR) is 88.1 cm³/mol. The lowest BCUT2D eigenvalue weighted by Gasteiger charge is -2.31. The van der Waals surface area contributed by atoms with E-state index in [0.29, 0.717) is 24.2 Å². The number of nitrogens with one attached hydrogen (secondary N) is 1. The topological polar surface area (TPSA) is 46.9 Å². The van der Waals surface area contributed by atoms with Crippen molar-refractivity contribution >= 4 is 17.3 Å². The van der Waals surface area contributed by atoms with Gasteiger partial charge in [-0.15, -0.1) is 0 Å². The van der Waals surface area contributed by atoms with Gasteiger partial charge >= 0.3 is 0 Å². The quantitative estimate of drug-likeness (QED) is 0.861. The van der Waals surface area contributed by atoms with E-state index in [2.05, 4.69) is 17.3 Å². The first-order valence-corrected chi connectivity index (χ1v) is 8.57. The molecule has 1 aromatic heterocycles. The van der Waals surface area contributed by atoms with Gasteiger partial charge in [0.1, 0.15) is 5.02 Å². The van der Waals surface area contributed by atoms with Gasteiger partial charge in [-0.25, -0.2) is 4.68 Å². The van der Waals surface area contributed by atoms with Crippen LogP contribution in [-0.4, -0.2) is 15.8 Å². The second-order valence-corrected chi connectivity index (χ2v) is 6.34. The van der Waals surface area contributed by atoms with Gasteiger partial charge in [-0.3, -0.25) is 4.79 Å². The van der Waals surface area contributed by atoms with Crippen LogP contribution in [0.5, 0.6) is 0 Å². The standard InChI is InChI=1S/C16H26ClN3O/c1-3-10-20-16(21)15(17)14(11-18-20)19-13(4-2)12-8-6-5-7-9-12/h11-13,19H,3-10H2,1-2H3. The van der Waals surface area contributed by atoms with Crippen LogP contribution in [-0.2, 0) is 6.54 Å². The van der Waals surface area contributed by atoms with Gasteiger partial charge < -0.3 is 5.32 Å². The van der Waals surface area contributed by atoms with Crippen LogP contribution in [0.1, 0.15) is 58.8 Å². The number of aromatic nitrogens is 2. The Balaban J connectivity index is 2.13. The molecule has 1 aliphatic rings. The van der Waals surface area contributed by atoms with Gasteiger partial charge in [0.2, 0.25) is 0 Å². The minimum absolute atomic E-state index is 0.193. The Bertz CT molecular complexity index is 509. The molecule has 1 saturated carbocycles. The molecule has 2 rings (SSSR count). The molecule has 1 N–H and O–H groups in total. The third kappa shape index (κ3) is 4.00. The van der Waals surface area contributed by atoms with E-state index in [9.17, 15) is 4.79 Å². The zero-order valence-corrected chi connectivity index (χ0v) is 13.8. The highest BCUT2D eigenvalue weighted by Gasteiger charge is 2.23. The molecule has 0 radical (unpaired) electrons. The molecule has 0 saturated heterocycles. The van der Waals surface area contributed by atoms with Gasteiger partial charge in [0.25, 0.3) is 5.56 Å². The number of nitrogens with zero attached hydrogens (tertiary/aromatic N) is 2. The molecule has 0 aliphatic heterocycles. The Morgan fingerprint density at radius 2 is 2.10 bits per heavy atom. The van der Waals surface area contributed by atoms with Crippen molar-refractivity contribution in [2.24, 2.45) is 5.92 Å². The molecule has 0 bridgehead atoms. The second kappa shape index (κ2) is 7.83. The molecule has 0 amide bonds. The van der Waals surface area contributed by atoms with E-state index >= 15 is 0 Å². The van der Waals surface area contributed by atoms with E-state index in [0.717, 1.165) is 12.8 Å². The van der Waals surface area contributed by atoms with Crippen molar-refractivity contribution in [3.05, 3.63) is 21.6 Å². The Hall–Kier alpha value is -1.03. The van der Waals surface area contributed by atoms with Gasteiger partial charge in [0, 0.05) is 12.6 Å². The number of rotatable bonds is 6. The highest BCUT2D eigenvalue weighted by Crippen LogP contribution is 2.30. The molecule has 118 valence electrons. The fraction of sp³-hybridized carbons (Fsp3) is 0.750. The fourth-order valence-corrected chi connectivity index (χ4v) is 3.43. The largest absolute Gasteiger partial charge is 0.379 e. The third-order valence-corrected chi connectivity index (χ3v) is 4.79. The van der Waals surface area contributed by atoms with Crippen molar-refractivity contribution < 1.29 is 0 Å². The number of halogens is 1. The SMILES string of the molecule is CCCn1ncc(NC(CC)C2CCCCC2)c(Cl)c1=O. The molecule has 5 heteroatoms. The molecular weight excluding hydrogens is 286 g/mol. The molecule has 0 spiro atoms. The van der Waals surface area contributed by atoms with Crippen molar-refractivity contribution in [1.82, 2.24) is 9.78 Å². The van der Waals surface area contributed by atoms with E-state index in [1.807, 2.05) is 6.92 Å². The van der Waals surface area contributed by atoms with Crippen molar-refractivity contribution in [2.45, 2.75) is 71.4 Å². The first-order chi connectivity index (χ1) is 10.2. The van der Waals surface area contributed by atoms with Crippen molar-refractivity contribution in [2.75, 3.05) is 5.32 Å². The van der Waals surface area contributed by atoms with Crippen LogP contribution in [0.2, 0.25) is 5.02 Å². The van der Waals surface area contributed by atoms with E-state index in [4.69, 9.17) is 11.6 Å². The average Bonchev–Trinajstić information content (AvgIpc) is 2.52. The lowest BCUT2D eigenvalue weighted by Crippen LogP contribution is -2.32. The maximum atomic E-state index is 12.2. The summed E-state index contributed by atoms with van der Waals surface area (Å²) in [4.78, 5) is 12.2. The Labute approximate surface area is 131 Å². The second-order valence-electron chi connectivity index (χ2n) is 5.96. The van der Waals surface area contributed by atoms with Gasteiger partial charge in [0.05, 0.1) is 11.9 Å². The summed E-state index contributed by atoms with van der Waals surface area (Å²) in [6.45, 7) is 4.81. The monoisotopic (exact) mass is 311 g/mol. The summed E-state index contributed by atoms with van der Waals surface area (Å²) < 4.78 is 1.44. The van der Waals surface area contributed by atoms with E-state index < -0.39 is 0 Å². The lowest BCUT2D eigenvalue weighted by molar-refractivity contribution is 0.313. The summed E-state index contributed by atoms with van der Waals surface area (Å²) >= 11 is 6.24. The van der Waals surface area contributed by atoms with Gasteiger partial charge in [0.15, 0.2) is 0 Å². The maximum absolute atomic E-state index is 12.2. The van der Waals surface area contributed by atoms with Crippen molar-refractivity contribution in [1.29, 1.82) is 0 Å². The van der Waals surface area contributed by atoms with E-state index in [1.54, 1.807) is 6.20 Å². The molecular formula is C16H26ClN3O. The van der Waals surface area contributed by atoms with Crippen LogP contribution in [0, 0.1) is 5.92 Å². The summed E-state index contributed by atoms with van der Waals surface area (Å²) in [5.74, 6) is 0.679. The van der Waals surface area contributed by atoms with Crippen LogP contribution in [0.25, 0.3) is 0 Å². The Morgan fingerprint density at radius 3 is 2.71 bits per heavy atom. The molecule has 4 nitrogen and oxygen atoms in total. The van der Waals surface area contributed by atoms with Gasteiger partial charge in [-0.1, -0.05) is 44.7 Å². The molecule has 21 heavy (non-hydrogen) atoms. The fourth-order valence-electron chi connectivity index (χ4n) is 3.23. The van der Waals surface area contributed by atoms with Crippen LogP contribution < -0.4 is 10.9 Å². The number of aryl methyl sites for hydroxylation is 1. The first-order valence-electron chi connectivity index (χ1n) is 8.19. The zero-order chi connectivity index (χ0) is 15.2. The summed E-state index contributed by atoms with van der Waals surface area (Å²) in [6, 6.07) is 0.381. The third-order valence-electron chi connectivity index (χ3n) is 4.42. The smallest absolute Gasteiger partial charge is 0.287 e. The number of anilines is 1.